The number of hydrogen-bond donors (Lipinski definition) is 0. The van der Waals surface area contributed by atoms with Crippen LogP contribution >= 0.6 is 11.6 Å². The van der Waals surface area contributed by atoms with Crippen LogP contribution in [0.1, 0.15) is 16.9 Å². The second kappa shape index (κ2) is 6.52. The van der Waals surface area contributed by atoms with Gasteiger partial charge < -0.3 is 4.42 Å². The smallest absolute Gasteiger partial charge is 0.142 e. The van der Waals surface area contributed by atoms with Crippen molar-refractivity contribution >= 4 is 22.6 Å². The predicted octanol–water partition coefficient (Wildman–Crippen LogP) is 6.41. The highest BCUT2D eigenvalue weighted by Gasteiger charge is 2.21. The topological polar surface area (TPSA) is 16.4 Å². The molecule has 1 aliphatic rings. The lowest BCUT2D eigenvalue weighted by atomic mass is 10.0. The number of hydrogen-bond acceptors (Lipinski definition) is 2. The summed E-state index contributed by atoms with van der Waals surface area (Å²) in [4.78, 5) is 2.34. The maximum atomic E-state index is 14.3. The Bertz CT molecular complexity index is 1130. The summed E-state index contributed by atoms with van der Waals surface area (Å²) >= 11 is 6.29. The van der Waals surface area contributed by atoms with Crippen LogP contribution < -0.4 is 0 Å². The van der Waals surface area contributed by atoms with Gasteiger partial charge in [0.05, 0.1) is 6.54 Å². The van der Waals surface area contributed by atoms with Crippen molar-refractivity contribution in [3.05, 3.63) is 94.5 Å². The fourth-order valence-electron chi connectivity index (χ4n) is 3.86. The molecule has 2 nitrogen and oxygen atoms in total. The first-order valence-corrected chi connectivity index (χ1v) is 9.31. The summed E-state index contributed by atoms with van der Waals surface area (Å²) in [5.41, 5.74) is 4.59. The van der Waals surface area contributed by atoms with E-state index in [1.165, 1.54) is 17.2 Å². The molecule has 1 aliphatic heterocycles. The van der Waals surface area contributed by atoms with Gasteiger partial charge >= 0.3 is 0 Å². The Morgan fingerprint density at radius 1 is 0.889 bits per heavy atom. The molecular formula is C23H17ClFNO. The monoisotopic (exact) mass is 377 g/mol. The second-order valence-corrected chi connectivity index (χ2v) is 7.41. The maximum absolute atomic E-state index is 14.3. The first kappa shape index (κ1) is 16.5. The molecule has 2 heterocycles. The number of nitrogens with zero attached hydrogens (tertiary/aromatic N) is 1. The van der Waals surface area contributed by atoms with E-state index in [1.54, 1.807) is 18.2 Å². The van der Waals surface area contributed by atoms with E-state index in [0.717, 1.165) is 24.2 Å². The maximum Gasteiger partial charge on any atom is 0.142 e. The standard InChI is InChI=1S/C23H17ClFNO/c24-18-9-17-10-19(14-26-12-15-5-1-2-6-16(15)13-26)27-23(17)21(11-18)20-7-3-4-8-22(20)25/h1-11H,12-14H2. The molecule has 0 saturated carbocycles. The van der Waals surface area contributed by atoms with Crippen molar-refractivity contribution in [1.29, 1.82) is 0 Å². The van der Waals surface area contributed by atoms with E-state index in [2.05, 4.69) is 29.2 Å². The summed E-state index contributed by atoms with van der Waals surface area (Å²) in [6, 6.07) is 20.8. The number of furan rings is 1. The summed E-state index contributed by atoms with van der Waals surface area (Å²) in [6.45, 7) is 2.53. The van der Waals surface area contributed by atoms with Crippen molar-refractivity contribution in [1.82, 2.24) is 4.90 Å². The summed E-state index contributed by atoms with van der Waals surface area (Å²) < 4.78 is 20.5. The first-order chi connectivity index (χ1) is 13.2. The molecule has 0 N–H and O–H groups in total. The Kier molecular flexibility index (Phi) is 4.00. The zero-order chi connectivity index (χ0) is 18.4. The summed E-state index contributed by atoms with van der Waals surface area (Å²) in [5, 5.41) is 1.47. The minimum Gasteiger partial charge on any atom is -0.459 e. The van der Waals surface area contributed by atoms with Gasteiger partial charge in [0.15, 0.2) is 0 Å². The number of benzene rings is 3. The van der Waals surface area contributed by atoms with Crippen LogP contribution in [-0.2, 0) is 19.6 Å². The molecule has 3 aromatic carbocycles. The Morgan fingerprint density at radius 2 is 1.59 bits per heavy atom. The normalized spacial score (nSPS) is 14.0. The van der Waals surface area contributed by atoms with Gasteiger partial charge in [0.2, 0.25) is 0 Å². The van der Waals surface area contributed by atoms with Gasteiger partial charge in [-0.1, -0.05) is 54.1 Å². The van der Waals surface area contributed by atoms with Crippen LogP contribution in [0, 0.1) is 5.82 Å². The van der Waals surface area contributed by atoms with E-state index in [-0.39, 0.29) is 5.82 Å². The molecule has 0 atom stereocenters. The predicted molar refractivity (Wildman–Crippen MR) is 106 cm³/mol. The van der Waals surface area contributed by atoms with E-state index in [0.29, 0.717) is 28.3 Å². The molecular weight excluding hydrogens is 361 g/mol. The lowest BCUT2D eigenvalue weighted by Crippen LogP contribution is -2.14. The third-order valence-electron chi connectivity index (χ3n) is 5.08. The summed E-state index contributed by atoms with van der Waals surface area (Å²) in [6.07, 6.45) is 0. The summed E-state index contributed by atoms with van der Waals surface area (Å²) in [7, 11) is 0. The average Bonchev–Trinajstić information content (AvgIpc) is 3.24. The number of fused-ring (bicyclic) bond motifs is 2. The van der Waals surface area contributed by atoms with Crippen molar-refractivity contribution in [2.75, 3.05) is 0 Å². The highest BCUT2D eigenvalue weighted by Crippen LogP contribution is 2.36. The molecule has 4 heteroatoms. The zero-order valence-electron chi connectivity index (χ0n) is 14.6. The van der Waals surface area contributed by atoms with E-state index in [4.69, 9.17) is 16.0 Å². The molecule has 1 aromatic heterocycles. The molecule has 0 bridgehead atoms. The van der Waals surface area contributed by atoms with Crippen LogP contribution in [0.3, 0.4) is 0 Å². The van der Waals surface area contributed by atoms with Gasteiger partial charge in [0, 0.05) is 34.6 Å². The molecule has 0 aliphatic carbocycles. The fourth-order valence-corrected chi connectivity index (χ4v) is 4.09. The average molecular weight is 378 g/mol. The Hall–Kier alpha value is -2.62. The minimum atomic E-state index is -0.283. The van der Waals surface area contributed by atoms with E-state index >= 15 is 0 Å². The SMILES string of the molecule is Fc1ccccc1-c1cc(Cl)cc2cc(CN3Cc4ccccc4C3)oc12. The van der Waals surface area contributed by atoms with Crippen molar-refractivity contribution < 1.29 is 8.81 Å². The van der Waals surface area contributed by atoms with Gasteiger partial charge in [-0.15, -0.1) is 0 Å². The van der Waals surface area contributed by atoms with Crippen LogP contribution in [0.15, 0.2) is 71.1 Å². The van der Waals surface area contributed by atoms with E-state index < -0.39 is 0 Å². The van der Waals surface area contributed by atoms with Gasteiger partial charge in [-0.05, 0) is 35.4 Å². The number of halogens is 2. The lowest BCUT2D eigenvalue weighted by molar-refractivity contribution is 0.253. The molecule has 0 saturated heterocycles. The molecule has 27 heavy (non-hydrogen) atoms. The van der Waals surface area contributed by atoms with Crippen molar-refractivity contribution in [2.24, 2.45) is 0 Å². The molecule has 0 fully saturated rings. The van der Waals surface area contributed by atoms with Crippen LogP contribution in [0.4, 0.5) is 4.39 Å². The molecule has 0 unspecified atom stereocenters. The fraction of sp³-hybridized carbons (Fsp3) is 0.130. The summed E-state index contributed by atoms with van der Waals surface area (Å²) in [5.74, 6) is 0.576. The van der Waals surface area contributed by atoms with Crippen molar-refractivity contribution in [3.63, 3.8) is 0 Å². The third kappa shape index (κ3) is 3.03. The van der Waals surface area contributed by atoms with Gasteiger partial charge in [-0.3, -0.25) is 4.90 Å². The van der Waals surface area contributed by atoms with E-state index in [9.17, 15) is 4.39 Å². The molecule has 0 radical (unpaired) electrons. The molecule has 4 aromatic rings. The largest absolute Gasteiger partial charge is 0.459 e. The van der Waals surface area contributed by atoms with Gasteiger partial charge in [-0.25, -0.2) is 4.39 Å². The highest BCUT2D eigenvalue weighted by atomic mass is 35.5. The van der Waals surface area contributed by atoms with E-state index in [1.807, 2.05) is 18.2 Å². The van der Waals surface area contributed by atoms with Crippen LogP contribution in [-0.4, -0.2) is 4.90 Å². The van der Waals surface area contributed by atoms with Gasteiger partial charge in [0.25, 0.3) is 0 Å². The Balaban J connectivity index is 1.51. The molecule has 0 amide bonds. The molecule has 5 rings (SSSR count). The molecule has 0 spiro atoms. The first-order valence-electron chi connectivity index (χ1n) is 8.93. The molecule has 134 valence electrons. The van der Waals surface area contributed by atoms with Gasteiger partial charge in [-0.2, -0.15) is 0 Å². The zero-order valence-corrected chi connectivity index (χ0v) is 15.3. The van der Waals surface area contributed by atoms with Crippen LogP contribution in [0.25, 0.3) is 22.1 Å². The number of rotatable bonds is 3. The Labute approximate surface area is 161 Å². The van der Waals surface area contributed by atoms with Gasteiger partial charge in [0.1, 0.15) is 17.2 Å². The lowest BCUT2D eigenvalue weighted by Gasteiger charge is -2.12. The van der Waals surface area contributed by atoms with Crippen molar-refractivity contribution in [2.45, 2.75) is 19.6 Å². The third-order valence-corrected chi connectivity index (χ3v) is 5.30. The van der Waals surface area contributed by atoms with Crippen molar-refractivity contribution in [3.8, 4) is 11.1 Å². The van der Waals surface area contributed by atoms with Crippen LogP contribution in [0.5, 0.6) is 0 Å². The van der Waals surface area contributed by atoms with Crippen LogP contribution in [0.2, 0.25) is 5.02 Å². The second-order valence-electron chi connectivity index (χ2n) is 6.98. The highest BCUT2D eigenvalue weighted by molar-refractivity contribution is 6.31. The Morgan fingerprint density at radius 3 is 2.33 bits per heavy atom. The minimum absolute atomic E-state index is 0.283. The quantitative estimate of drug-likeness (QED) is 0.410.